The third kappa shape index (κ3) is 5.30. The van der Waals surface area contributed by atoms with Gasteiger partial charge in [-0.2, -0.15) is 0 Å². The molecule has 1 aromatic heterocycles. The number of thiazole rings is 1. The summed E-state index contributed by atoms with van der Waals surface area (Å²) < 4.78 is 0. The van der Waals surface area contributed by atoms with Crippen molar-refractivity contribution in [1.29, 1.82) is 0 Å². The second-order valence-electron chi connectivity index (χ2n) is 3.61. The van der Waals surface area contributed by atoms with E-state index < -0.39 is 0 Å². The molecule has 0 spiro atoms. The van der Waals surface area contributed by atoms with Crippen LogP contribution in [0, 0.1) is 26.7 Å². The predicted molar refractivity (Wildman–Crippen MR) is 56.8 cm³/mol. The van der Waals surface area contributed by atoms with E-state index in [9.17, 15) is 0 Å². The Balaban J connectivity index is 0.000000261. The van der Waals surface area contributed by atoms with Crippen LogP contribution in [0.1, 0.15) is 36.3 Å². The van der Waals surface area contributed by atoms with Crippen LogP contribution in [-0.2, 0) is 0 Å². The number of aryl methyl sites for hydroxylation is 3. The van der Waals surface area contributed by atoms with Gasteiger partial charge in [0.05, 0.1) is 10.7 Å². The molecule has 0 fully saturated rings. The average molecular weight is 185 g/mol. The number of hydrogen-bond donors (Lipinski definition) is 0. The van der Waals surface area contributed by atoms with Gasteiger partial charge in [0.1, 0.15) is 0 Å². The van der Waals surface area contributed by atoms with E-state index in [1.54, 1.807) is 11.3 Å². The van der Waals surface area contributed by atoms with Crippen LogP contribution < -0.4 is 0 Å². The van der Waals surface area contributed by atoms with Crippen molar-refractivity contribution in [2.24, 2.45) is 5.92 Å². The molecule has 2 heteroatoms. The fourth-order valence-electron chi connectivity index (χ4n) is 0.633. The Hall–Kier alpha value is -0.370. The highest BCUT2D eigenvalue weighted by molar-refractivity contribution is 7.11. The number of aromatic nitrogens is 1. The fourth-order valence-corrected chi connectivity index (χ4v) is 1.45. The summed E-state index contributed by atoms with van der Waals surface area (Å²) in [6.45, 7) is 12.7. The van der Waals surface area contributed by atoms with E-state index in [1.807, 2.05) is 13.8 Å². The zero-order valence-corrected chi connectivity index (χ0v) is 9.75. The van der Waals surface area contributed by atoms with E-state index in [0.717, 1.165) is 5.92 Å². The summed E-state index contributed by atoms with van der Waals surface area (Å²) in [5.74, 6) is 0.833. The summed E-state index contributed by atoms with van der Waals surface area (Å²) in [6.07, 6.45) is 0. The molecular formula is C10H19NS. The van der Waals surface area contributed by atoms with Gasteiger partial charge in [-0.3, -0.25) is 0 Å². The predicted octanol–water partition coefficient (Wildman–Crippen LogP) is 3.73. The van der Waals surface area contributed by atoms with Gasteiger partial charge in [0, 0.05) is 4.88 Å². The molecule has 0 saturated carbocycles. The van der Waals surface area contributed by atoms with Gasteiger partial charge in [0.25, 0.3) is 0 Å². The Bertz CT molecular complexity index is 203. The smallest absolute Gasteiger partial charge is 0.0899 e. The molecule has 0 saturated heterocycles. The second kappa shape index (κ2) is 5.31. The third-order valence-electron chi connectivity index (χ3n) is 1.14. The number of nitrogens with zero attached hydrogens (tertiary/aromatic N) is 1. The molecule has 0 aliphatic carbocycles. The summed E-state index contributed by atoms with van der Waals surface area (Å²) in [4.78, 5) is 5.56. The van der Waals surface area contributed by atoms with Gasteiger partial charge < -0.3 is 0 Å². The third-order valence-corrected chi connectivity index (χ3v) is 2.12. The van der Waals surface area contributed by atoms with E-state index in [0.29, 0.717) is 0 Å². The summed E-state index contributed by atoms with van der Waals surface area (Å²) in [6, 6.07) is 0. The highest BCUT2D eigenvalue weighted by Crippen LogP contribution is 2.14. The van der Waals surface area contributed by atoms with Crippen LogP contribution in [0.5, 0.6) is 0 Å². The first-order valence-corrected chi connectivity index (χ1v) is 5.15. The van der Waals surface area contributed by atoms with E-state index >= 15 is 0 Å². The van der Waals surface area contributed by atoms with Crippen molar-refractivity contribution >= 4 is 11.3 Å². The quantitative estimate of drug-likeness (QED) is 0.600. The van der Waals surface area contributed by atoms with Gasteiger partial charge >= 0.3 is 0 Å². The normalized spacial score (nSPS) is 9.58. The molecule has 0 unspecified atom stereocenters. The monoisotopic (exact) mass is 185 g/mol. The summed E-state index contributed by atoms with van der Waals surface area (Å²) in [7, 11) is 0. The maximum Gasteiger partial charge on any atom is 0.0899 e. The molecule has 1 aromatic rings. The molecule has 1 nitrogen and oxygen atoms in total. The van der Waals surface area contributed by atoms with E-state index in [1.165, 1.54) is 15.6 Å². The fraction of sp³-hybridized carbons (Fsp3) is 0.700. The Morgan fingerprint density at radius 3 is 1.58 bits per heavy atom. The minimum Gasteiger partial charge on any atom is -0.247 e. The van der Waals surface area contributed by atoms with Crippen molar-refractivity contribution in [3.05, 3.63) is 15.6 Å². The van der Waals surface area contributed by atoms with Gasteiger partial charge in [-0.15, -0.1) is 11.3 Å². The largest absolute Gasteiger partial charge is 0.247 e. The lowest BCUT2D eigenvalue weighted by Crippen LogP contribution is -1.71. The van der Waals surface area contributed by atoms with Crippen molar-refractivity contribution in [2.75, 3.05) is 0 Å². The first-order chi connectivity index (χ1) is 5.43. The standard InChI is InChI=1S/C6H9NS.C4H10/c1-4-5(2)8-6(3)7-4;1-4(2)3/h1-3H3;4H,1-3H3. The minimum absolute atomic E-state index is 0.833. The molecule has 0 aliphatic heterocycles. The van der Waals surface area contributed by atoms with Crippen LogP contribution in [0.15, 0.2) is 0 Å². The minimum atomic E-state index is 0.833. The molecule has 0 bridgehead atoms. The molecular weight excluding hydrogens is 166 g/mol. The highest BCUT2D eigenvalue weighted by atomic mass is 32.1. The highest BCUT2D eigenvalue weighted by Gasteiger charge is 1.95. The average Bonchev–Trinajstić information content (AvgIpc) is 2.08. The zero-order valence-electron chi connectivity index (χ0n) is 8.93. The van der Waals surface area contributed by atoms with E-state index in [4.69, 9.17) is 0 Å². The summed E-state index contributed by atoms with van der Waals surface area (Å²) in [5, 5.41) is 1.17. The maximum absolute atomic E-state index is 4.23. The zero-order chi connectivity index (χ0) is 9.72. The van der Waals surface area contributed by atoms with Gasteiger partial charge in [-0.05, 0) is 26.7 Å². The van der Waals surface area contributed by atoms with Crippen LogP contribution >= 0.6 is 11.3 Å². The molecule has 1 rings (SSSR count). The maximum atomic E-state index is 4.23. The van der Waals surface area contributed by atoms with Gasteiger partial charge in [0.15, 0.2) is 0 Å². The van der Waals surface area contributed by atoms with Crippen LogP contribution in [0.25, 0.3) is 0 Å². The molecule has 0 aromatic carbocycles. The van der Waals surface area contributed by atoms with E-state index in [2.05, 4.69) is 32.7 Å². The number of hydrogen-bond acceptors (Lipinski definition) is 2. The Labute approximate surface area is 79.9 Å². The lowest BCUT2D eigenvalue weighted by Gasteiger charge is -1.79. The van der Waals surface area contributed by atoms with Gasteiger partial charge in [-0.1, -0.05) is 20.8 Å². The van der Waals surface area contributed by atoms with E-state index in [-0.39, 0.29) is 0 Å². The van der Waals surface area contributed by atoms with Crippen molar-refractivity contribution in [3.63, 3.8) is 0 Å². The molecule has 0 atom stereocenters. The molecule has 0 aliphatic rings. The van der Waals surface area contributed by atoms with Crippen LogP contribution in [0.3, 0.4) is 0 Å². The molecule has 70 valence electrons. The molecule has 1 heterocycles. The Morgan fingerprint density at radius 1 is 1.08 bits per heavy atom. The SMILES string of the molecule is CC(C)C.Cc1nc(C)c(C)s1. The summed E-state index contributed by atoms with van der Waals surface area (Å²) in [5.41, 5.74) is 1.17. The van der Waals surface area contributed by atoms with Crippen molar-refractivity contribution in [2.45, 2.75) is 41.5 Å². The Kier molecular flexibility index (Phi) is 5.14. The molecule has 0 amide bonds. The Morgan fingerprint density at radius 2 is 1.50 bits per heavy atom. The molecule has 0 N–H and O–H groups in total. The van der Waals surface area contributed by atoms with Crippen molar-refractivity contribution in [3.8, 4) is 0 Å². The van der Waals surface area contributed by atoms with Crippen LogP contribution in [0.2, 0.25) is 0 Å². The lowest BCUT2D eigenvalue weighted by molar-refractivity contribution is 0.737. The van der Waals surface area contributed by atoms with Gasteiger partial charge in [0.2, 0.25) is 0 Å². The van der Waals surface area contributed by atoms with Crippen molar-refractivity contribution in [1.82, 2.24) is 4.98 Å². The molecule has 12 heavy (non-hydrogen) atoms. The summed E-state index contributed by atoms with van der Waals surface area (Å²) >= 11 is 1.76. The number of rotatable bonds is 0. The van der Waals surface area contributed by atoms with Crippen LogP contribution in [0.4, 0.5) is 0 Å². The lowest BCUT2D eigenvalue weighted by atomic mass is 10.3. The first kappa shape index (κ1) is 11.6. The first-order valence-electron chi connectivity index (χ1n) is 4.34. The van der Waals surface area contributed by atoms with Crippen LogP contribution in [-0.4, -0.2) is 4.98 Å². The van der Waals surface area contributed by atoms with Crippen molar-refractivity contribution < 1.29 is 0 Å². The molecule has 0 radical (unpaired) electrons. The topological polar surface area (TPSA) is 12.9 Å². The second-order valence-corrected chi connectivity index (χ2v) is 5.01. The van der Waals surface area contributed by atoms with Gasteiger partial charge in [-0.25, -0.2) is 4.98 Å².